The average Bonchev–Trinajstić information content (AvgIpc) is 2.99. The summed E-state index contributed by atoms with van der Waals surface area (Å²) in [6.07, 6.45) is 6.82. The van der Waals surface area contributed by atoms with Crippen LogP contribution < -0.4 is 10.9 Å². The van der Waals surface area contributed by atoms with Crippen LogP contribution in [0.3, 0.4) is 0 Å². The topological polar surface area (TPSA) is 125 Å². The third-order valence-corrected chi connectivity index (χ3v) is 5.11. The summed E-state index contributed by atoms with van der Waals surface area (Å²) in [5.74, 6) is 0. The smallest absolute Gasteiger partial charge is 0.741 e. The molecule has 198 valence electrons. The molecule has 10 nitrogen and oxygen atoms in total. The standard InChI is InChI=1S/2C13H13N5S.Fe/c2*1-14-13(19)18-17-12(10-6-2-4-8-15-10)11-7-3-5-9-16-11;/h2*2-9H,1H3,(H2,14,18,19);/q;;+2/p-2. The van der Waals surface area contributed by atoms with E-state index in [0.29, 0.717) is 44.5 Å². The van der Waals surface area contributed by atoms with Gasteiger partial charge in [0.15, 0.2) is 0 Å². The van der Waals surface area contributed by atoms with Crippen LogP contribution in [0.5, 0.6) is 0 Å². The molecule has 0 bridgehead atoms. The molecule has 4 heterocycles. The van der Waals surface area contributed by atoms with E-state index in [0.717, 1.165) is 0 Å². The molecule has 0 amide bonds. The Kier molecular flexibility index (Phi) is 13.8. The zero-order valence-corrected chi connectivity index (χ0v) is 23.7. The van der Waals surface area contributed by atoms with Crippen molar-refractivity contribution < 1.29 is 17.1 Å². The second-order valence-electron chi connectivity index (χ2n) is 7.06. The first-order chi connectivity index (χ1) is 18.6. The van der Waals surface area contributed by atoms with Gasteiger partial charge in [0.25, 0.3) is 0 Å². The zero-order valence-electron chi connectivity index (χ0n) is 21.0. The Balaban J connectivity index is 0.000000267. The van der Waals surface area contributed by atoms with Gasteiger partial charge in [-0.2, -0.15) is 10.2 Å². The van der Waals surface area contributed by atoms with Gasteiger partial charge in [-0.15, -0.1) is 0 Å². The van der Waals surface area contributed by atoms with E-state index < -0.39 is 0 Å². The number of aliphatic imine (C=N–C) groups is 2. The van der Waals surface area contributed by atoms with Crippen molar-refractivity contribution in [2.75, 3.05) is 14.1 Å². The normalized spacial score (nSPS) is 10.6. The maximum Gasteiger partial charge on any atom is 2.00 e. The molecule has 0 aliphatic heterocycles. The van der Waals surface area contributed by atoms with Gasteiger partial charge in [-0.3, -0.25) is 40.8 Å². The van der Waals surface area contributed by atoms with Crippen LogP contribution in [-0.2, 0) is 42.3 Å². The molecule has 0 atom stereocenters. The first-order valence-corrected chi connectivity index (χ1v) is 12.0. The van der Waals surface area contributed by atoms with Gasteiger partial charge < -0.3 is 25.3 Å². The molecule has 13 heteroatoms. The molecule has 0 saturated heterocycles. The number of aromatic nitrogens is 4. The quantitative estimate of drug-likeness (QED) is 0.115. The summed E-state index contributed by atoms with van der Waals surface area (Å²) in [5.41, 5.74) is 9.50. The molecule has 4 aromatic rings. The molecule has 0 aromatic carbocycles. The molecule has 0 saturated carbocycles. The molecule has 0 fully saturated rings. The maximum absolute atomic E-state index is 4.95. The summed E-state index contributed by atoms with van der Waals surface area (Å²) in [7, 11) is 3.21. The van der Waals surface area contributed by atoms with Crippen LogP contribution in [0.15, 0.2) is 118 Å². The van der Waals surface area contributed by atoms with Gasteiger partial charge in [-0.25, -0.2) is 0 Å². The number of hydrazone groups is 2. The van der Waals surface area contributed by atoms with Crippen molar-refractivity contribution in [2.45, 2.75) is 0 Å². The number of nitrogens with zero attached hydrogens (tertiary/aromatic N) is 8. The van der Waals surface area contributed by atoms with Crippen LogP contribution >= 0.6 is 0 Å². The second kappa shape index (κ2) is 17.4. The van der Waals surface area contributed by atoms with Gasteiger partial charge in [0.1, 0.15) is 11.4 Å². The zero-order chi connectivity index (χ0) is 27.0. The second-order valence-corrected chi connectivity index (χ2v) is 7.84. The van der Waals surface area contributed by atoms with Crippen molar-refractivity contribution in [3.05, 3.63) is 120 Å². The Morgan fingerprint density at radius 1 is 0.538 bits per heavy atom. The van der Waals surface area contributed by atoms with Crippen LogP contribution in [-0.4, -0.2) is 55.8 Å². The van der Waals surface area contributed by atoms with Gasteiger partial charge in [-0.1, -0.05) is 24.3 Å². The van der Waals surface area contributed by atoms with E-state index in [4.69, 9.17) is 25.3 Å². The van der Waals surface area contributed by atoms with Gasteiger partial charge in [0, 0.05) is 38.9 Å². The number of nitrogens with one attached hydrogen (secondary N) is 2. The molecule has 0 aliphatic rings. The van der Waals surface area contributed by atoms with E-state index >= 15 is 0 Å². The van der Waals surface area contributed by atoms with Crippen molar-refractivity contribution in [3.8, 4) is 0 Å². The fourth-order valence-corrected chi connectivity index (χ4v) is 2.90. The van der Waals surface area contributed by atoms with E-state index in [1.807, 2.05) is 72.8 Å². The average molecular weight is 597 g/mol. The molecular weight excluding hydrogens is 572 g/mol. The first-order valence-electron chi connectivity index (χ1n) is 11.2. The number of hydrogen-bond donors (Lipinski definition) is 2. The minimum absolute atomic E-state index is 0. The van der Waals surface area contributed by atoms with Gasteiger partial charge in [0.05, 0.1) is 22.8 Å². The first kappa shape index (κ1) is 31.1. The van der Waals surface area contributed by atoms with Crippen LogP contribution in [0.4, 0.5) is 0 Å². The number of rotatable bonds is 6. The molecule has 4 aromatic heterocycles. The van der Waals surface area contributed by atoms with E-state index in [1.165, 1.54) is 0 Å². The van der Waals surface area contributed by atoms with E-state index in [9.17, 15) is 0 Å². The summed E-state index contributed by atoms with van der Waals surface area (Å²) in [4.78, 5) is 24.7. The minimum atomic E-state index is 0. The third-order valence-electron chi connectivity index (χ3n) is 4.56. The van der Waals surface area contributed by atoms with Crippen molar-refractivity contribution in [2.24, 2.45) is 20.2 Å². The van der Waals surface area contributed by atoms with Crippen molar-refractivity contribution in [1.82, 2.24) is 30.8 Å². The summed E-state index contributed by atoms with van der Waals surface area (Å²) in [5, 5.41) is 9.10. The van der Waals surface area contributed by atoms with Crippen LogP contribution in [0.2, 0.25) is 0 Å². The predicted octanol–water partition coefficient (Wildman–Crippen LogP) is 2.70. The Hall–Kier alpha value is -4.16. The van der Waals surface area contributed by atoms with Gasteiger partial charge >= 0.3 is 17.1 Å². The molecular formula is C26H24FeN10S2. The van der Waals surface area contributed by atoms with Crippen molar-refractivity contribution >= 4 is 47.0 Å². The Bertz CT molecular complexity index is 1190. The maximum atomic E-state index is 4.95. The minimum Gasteiger partial charge on any atom is -0.741 e. The Morgan fingerprint density at radius 2 is 0.821 bits per heavy atom. The largest absolute Gasteiger partial charge is 2.00 e. The monoisotopic (exact) mass is 596 g/mol. The summed E-state index contributed by atoms with van der Waals surface area (Å²) >= 11 is 9.90. The van der Waals surface area contributed by atoms with Crippen molar-refractivity contribution in [1.29, 1.82) is 0 Å². The van der Waals surface area contributed by atoms with Gasteiger partial charge in [-0.05, 0) is 58.9 Å². The fourth-order valence-electron chi connectivity index (χ4n) is 2.81. The van der Waals surface area contributed by atoms with Crippen LogP contribution in [0.25, 0.3) is 0 Å². The van der Waals surface area contributed by atoms with E-state index in [1.54, 1.807) is 38.9 Å². The van der Waals surface area contributed by atoms with E-state index in [-0.39, 0.29) is 17.1 Å². The number of pyridine rings is 4. The third kappa shape index (κ3) is 10.3. The number of amidine groups is 2. The molecule has 0 radical (unpaired) electrons. The molecule has 0 unspecified atom stereocenters. The van der Waals surface area contributed by atoms with Crippen LogP contribution in [0.1, 0.15) is 22.8 Å². The molecule has 0 aliphatic carbocycles. The summed E-state index contributed by atoms with van der Waals surface area (Å²) in [6.45, 7) is 0. The fraction of sp³-hybridized carbons (Fsp3) is 0.0769. The van der Waals surface area contributed by atoms with Gasteiger partial charge in [0.2, 0.25) is 0 Å². The Morgan fingerprint density at radius 3 is 1.03 bits per heavy atom. The molecule has 4 rings (SSSR count). The van der Waals surface area contributed by atoms with Crippen molar-refractivity contribution in [3.63, 3.8) is 0 Å². The molecule has 2 N–H and O–H groups in total. The van der Waals surface area contributed by atoms with Crippen LogP contribution in [0, 0.1) is 0 Å². The summed E-state index contributed by atoms with van der Waals surface area (Å²) < 4.78 is 0. The number of hydrogen-bond acceptors (Lipinski definition) is 10. The Labute approximate surface area is 248 Å². The molecule has 39 heavy (non-hydrogen) atoms. The SMILES string of the molecule is CN=C([S-])NN=C(c1ccccn1)c1ccccn1.CN=C([S-])NN=C(c1ccccn1)c1ccccn1.[Fe+2]. The predicted molar refractivity (Wildman–Crippen MR) is 156 cm³/mol. The van der Waals surface area contributed by atoms with E-state index in [2.05, 4.69) is 51.0 Å². The molecule has 0 spiro atoms. The summed E-state index contributed by atoms with van der Waals surface area (Å²) in [6, 6.07) is 22.4.